The van der Waals surface area contributed by atoms with E-state index in [-0.39, 0.29) is 29.3 Å². The molecule has 122 valence electrons. The van der Waals surface area contributed by atoms with Crippen LogP contribution in [0.5, 0.6) is 5.75 Å². The largest absolute Gasteiger partial charge is 0.478 e. The molecule has 0 atom stereocenters. The molecule has 3 N–H and O–H groups in total. The van der Waals surface area contributed by atoms with Crippen LogP contribution in [0.1, 0.15) is 17.4 Å². The fourth-order valence-electron chi connectivity index (χ4n) is 1.81. The van der Waals surface area contributed by atoms with Crippen molar-refractivity contribution in [2.24, 2.45) is 5.73 Å². The number of nitrogens with one attached hydrogen (secondary N) is 1. The van der Waals surface area contributed by atoms with Crippen molar-refractivity contribution in [1.29, 1.82) is 0 Å². The molecule has 0 aliphatic rings. The number of hydrogen-bond donors (Lipinski definition) is 2. The molecule has 1 aromatic heterocycles. The number of rotatable bonds is 6. The molecule has 0 unspecified atom stereocenters. The quantitative estimate of drug-likeness (QED) is 0.724. The smallest absolute Gasteiger partial charge is 0.344 e. The first-order valence-electron chi connectivity index (χ1n) is 6.42. The number of H-pyrrole nitrogens is 1. The van der Waals surface area contributed by atoms with Crippen LogP contribution in [-0.2, 0) is 9.53 Å². The lowest BCUT2D eigenvalue weighted by molar-refractivity contribution is -0.145. The highest BCUT2D eigenvalue weighted by molar-refractivity contribution is 9.10. The Morgan fingerprint density at radius 1 is 1.39 bits per heavy atom. The van der Waals surface area contributed by atoms with Crippen LogP contribution in [0.15, 0.2) is 16.6 Å². The number of halogens is 2. The van der Waals surface area contributed by atoms with Gasteiger partial charge < -0.3 is 15.2 Å². The summed E-state index contributed by atoms with van der Waals surface area (Å²) < 4.78 is 24.5. The molecule has 0 fully saturated rings. The highest BCUT2D eigenvalue weighted by atomic mass is 79.9. The van der Waals surface area contributed by atoms with Gasteiger partial charge in [0.1, 0.15) is 5.69 Å². The Kier molecular flexibility index (Phi) is 5.27. The van der Waals surface area contributed by atoms with Gasteiger partial charge in [-0.15, -0.1) is 0 Å². The van der Waals surface area contributed by atoms with Gasteiger partial charge in [-0.25, -0.2) is 9.18 Å². The molecule has 1 heterocycles. The molecular formula is C13H12BrFN4O4. The molecule has 2 rings (SSSR count). The number of hydrogen-bond acceptors (Lipinski definition) is 6. The summed E-state index contributed by atoms with van der Waals surface area (Å²) in [6, 6.07) is 2.61. The number of amides is 1. The Balaban J connectivity index is 2.44. The maximum absolute atomic E-state index is 14.2. The fourth-order valence-corrected chi connectivity index (χ4v) is 2.24. The highest BCUT2D eigenvalue weighted by Crippen LogP contribution is 2.35. The Labute approximate surface area is 138 Å². The second-order valence-corrected chi connectivity index (χ2v) is 5.16. The van der Waals surface area contributed by atoms with Gasteiger partial charge in [0.15, 0.2) is 23.9 Å². The SMILES string of the molecule is CCOC(=O)COc1c(F)cc(Br)cc1-c1n[nH]nc1C(N)=O. The van der Waals surface area contributed by atoms with Crippen molar-refractivity contribution in [2.45, 2.75) is 6.92 Å². The minimum absolute atomic E-state index is 0.0107. The number of nitrogens with two attached hydrogens (primary N) is 1. The van der Waals surface area contributed by atoms with Gasteiger partial charge in [0, 0.05) is 4.47 Å². The zero-order valence-electron chi connectivity index (χ0n) is 11.9. The lowest BCUT2D eigenvalue weighted by Gasteiger charge is -2.11. The molecule has 0 bridgehead atoms. The lowest BCUT2D eigenvalue weighted by atomic mass is 10.1. The van der Waals surface area contributed by atoms with Crippen molar-refractivity contribution in [1.82, 2.24) is 15.4 Å². The Morgan fingerprint density at radius 2 is 2.13 bits per heavy atom. The number of esters is 1. The van der Waals surface area contributed by atoms with Gasteiger partial charge in [-0.05, 0) is 19.1 Å². The van der Waals surface area contributed by atoms with Crippen molar-refractivity contribution in [3.63, 3.8) is 0 Å². The molecule has 0 saturated carbocycles. The summed E-state index contributed by atoms with van der Waals surface area (Å²) in [5.41, 5.74) is 5.15. The fraction of sp³-hybridized carbons (Fsp3) is 0.231. The van der Waals surface area contributed by atoms with Crippen LogP contribution in [0.4, 0.5) is 4.39 Å². The second kappa shape index (κ2) is 7.18. The van der Waals surface area contributed by atoms with E-state index >= 15 is 0 Å². The molecule has 0 saturated heterocycles. The Bertz CT molecular complexity index is 750. The Morgan fingerprint density at radius 3 is 2.78 bits per heavy atom. The van der Waals surface area contributed by atoms with Crippen LogP contribution in [0.2, 0.25) is 0 Å². The van der Waals surface area contributed by atoms with Gasteiger partial charge in [0.25, 0.3) is 5.91 Å². The zero-order chi connectivity index (χ0) is 17.0. The number of nitrogens with zero attached hydrogens (tertiary/aromatic N) is 2. The highest BCUT2D eigenvalue weighted by Gasteiger charge is 2.22. The standard InChI is InChI=1S/C13H12BrFN4O4/c1-2-22-9(20)5-23-12-7(3-6(14)4-8(12)15)10-11(13(16)21)18-19-17-10/h3-4H,2,5H2,1H3,(H2,16,21)(H,17,18,19). The minimum Gasteiger partial charge on any atom is -0.478 e. The summed E-state index contributed by atoms with van der Waals surface area (Å²) in [6.07, 6.45) is 0. The van der Waals surface area contributed by atoms with Crippen LogP contribution < -0.4 is 10.5 Å². The average molecular weight is 387 g/mol. The molecule has 0 aliphatic carbocycles. The zero-order valence-corrected chi connectivity index (χ0v) is 13.5. The monoisotopic (exact) mass is 386 g/mol. The van der Waals surface area contributed by atoms with E-state index in [2.05, 4.69) is 31.3 Å². The van der Waals surface area contributed by atoms with Gasteiger partial charge >= 0.3 is 5.97 Å². The van der Waals surface area contributed by atoms with Crippen molar-refractivity contribution < 1.29 is 23.5 Å². The first kappa shape index (κ1) is 16.9. The van der Waals surface area contributed by atoms with Gasteiger partial charge in [-0.2, -0.15) is 15.4 Å². The number of carbonyl (C=O) groups is 2. The minimum atomic E-state index is -0.842. The third-order valence-electron chi connectivity index (χ3n) is 2.68. The predicted octanol–water partition coefficient (Wildman–Crippen LogP) is 1.41. The van der Waals surface area contributed by atoms with E-state index in [0.717, 1.165) is 6.07 Å². The maximum Gasteiger partial charge on any atom is 0.344 e. The van der Waals surface area contributed by atoms with Gasteiger partial charge in [-0.1, -0.05) is 15.9 Å². The summed E-state index contributed by atoms with van der Waals surface area (Å²) in [5.74, 6) is -2.52. The lowest BCUT2D eigenvalue weighted by Crippen LogP contribution is -2.16. The van der Waals surface area contributed by atoms with E-state index in [1.807, 2.05) is 0 Å². The number of aromatic nitrogens is 3. The number of benzene rings is 1. The molecule has 1 aromatic carbocycles. The molecule has 0 spiro atoms. The van der Waals surface area contributed by atoms with Crippen LogP contribution >= 0.6 is 15.9 Å². The van der Waals surface area contributed by atoms with E-state index in [0.29, 0.717) is 4.47 Å². The Hall–Kier alpha value is -2.49. The van der Waals surface area contributed by atoms with Gasteiger partial charge in [-0.3, -0.25) is 4.79 Å². The van der Waals surface area contributed by atoms with Crippen molar-refractivity contribution in [2.75, 3.05) is 13.2 Å². The van der Waals surface area contributed by atoms with Crippen LogP contribution in [0, 0.1) is 5.82 Å². The molecule has 10 heteroatoms. The van der Waals surface area contributed by atoms with E-state index in [9.17, 15) is 14.0 Å². The topological polar surface area (TPSA) is 120 Å². The van der Waals surface area contributed by atoms with Crippen LogP contribution in [0.25, 0.3) is 11.3 Å². The molecular weight excluding hydrogens is 375 g/mol. The average Bonchev–Trinajstić information content (AvgIpc) is 2.95. The predicted molar refractivity (Wildman–Crippen MR) is 80.1 cm³/mol. The first-order valence-corrected chi connectivity index (χ1v) is 7.21. The maximum atomic E-state index is 14.2. The third-order valence-corrected chi connectivity index (χ3v) is 3.14. The van der Waals surface area contributed by atoms with Crippen molar-refractivity contribution in [3.8, 4) is 17.0 Å². The van der Waals surface area contributed by atoms with Crippen LogP contribution in [-0.4, -0.2) is 40.5 Å². The van der Waals surface area contributed by atoms with E-state index < -0.39 is 24.3 Å². The summed E-state index contributed by atoms with van der Waals surface area (Å²) >= 11 is 3.14. The number of primary amides is 1. The van der Waals surface area contributed by atoms with E-state index in [4.69, 9.17) is 15.2 Å². The normalized spacial score (nSPS) is 10.4. The summed E-state index contributed by atoms with van der Waals surface area (Å²) in [5, 5.41) is 9.66. The summed E-state index contributed by atoms with van der Waals surface area (Å²) in [7, 11) is 0. The number of ether oxygens (including phenoxy) is 2. The van der Waals surface area contributed by atoms with Gasteiger partial charge in [0.05, 0.1) is 12.2 Å². The summed E-state index contributed by atoms with van der Waals surface area (Å²) in [6.45, 7) is 1.31. The number of aromatic amines is 1. The second-order valence-electron chi connectivity index (χ2n) is 4.24. The third kappa shape index (κ3) is 3.83. The number of carbonyl (C=O) groups excluding carboxylic acids is 2. The van der Waals surface area contributed by atoms with E-state index in [1.54, 1.807) is 6.92 Å². The van der Waals surface area contributed by atoms with E-state index in [1.165, 1.54) is 6.07 Å². The molecule has 0 radical (unpaired) electrons. The first-order chi connectivity index (χ1) is 10.9. The van der Waals surface area contributed by atoms with Crippen LogP contribution in [0.3, 0.4) is 0 Å². The van der Waals surface area contributed by atoms with Gasteiger partial charge in [0.2, 0.25) is 0 Å². The van der Waals surface area contributed by atoms with Crippen molar-refractivity contribution >= 4 is 27.8 Å². The molecule has 1 amide bonds. The van der Waals surface area contributed by atoms with Crippen molar-refractivity contribution in [3.05, 3.63) is 28.1 Å². The molecule has 23 heavy (non-hydrogen) atoms. The summed E-state index contributed by atoms with van der Waals surface area (Å²) in [4.78, 5) is 22.7. The molecule has 2 aromatic rings. The molecule has 0 aliphatic heterocycles. The molecule has 8 nitrogen and oxygen atoms in total.